The van der Waals surface area contributed by atoms with Gasteiger partial charge in [0.2, 0.25) is 0 Å². The molecule has 2 atom stereocenters. The molecule has 43 heavy (non-hydrogen) atoms. The van der Waals surface area contributed by atoms with Crippen LogP contribution in [-0.4, -0.2) is 36.1 Å². The highest BCUT2D eigenvalue weighted by atomic mass is 32.1. The second-order valence-electron chi connectivity index (χ2n) is 10.1. The Balaban J connectivity index is 1.13. The molecule has 0 amide bonds. The molecule has 5 rings (SSSR count). The number of nitrogens with one attached hydrogen (secondary N) is 2. The number of carbonyl (C=O) groups excluding carboxylic acids is 1. The summed E-state index contributed by atoms with van der Waals surface area (Å²) in [5, 5.41) is 18.8. The second-order valence-corrected chi connectivity index (χ2v) is 11.1. The third kappa shape index (κ3) is 8.19. The zero-order valence-electron chi connectivity index (χ0n) is 23.7. The molecule has 4 aromatic carbocycles. The first kappa shape index (κ1) is 29.8. The van der Waals surface area contributed by atoms with Crippen molar-refractivity contribution in [3.8, 4) is 5.75 Å². The minimum atomic E-state index is -0.994. The van der Waals surface area contributed by atoms with Crippen molar-refractivity contribution in [3.05, 3.63) is 154 Å². The largest absolute Gasteiger partial charge is 0.494 e. The first-order valence-corrected chi connectivity index (χ1v) is 15.2. The summed E-state index contributed by atoms with van der Waals surface area (Å²) in [4.78, 5) is 26.5. The maximum atomic E-state index is 13.1. The Morgan fingerprint density at radius 3 is 2.19 bits per heavy atom. The van der Waals surface area contributed by atoms with Gasteiger partial charge in [0.05, 0.1) is 12.6 Å². The van der Waals surface area contributed by atoms with Crippen molar-refractivity contribution in [1.29, 1.82) is 0 Å². The van der Waals surface area contributed by atoms with Gasteiger partial charge in [-0.1, -0.05) is 91.0 Å². The molecule has 0 saturated heterocycles. The summed E-state index contributed by atoms with van der Waals surface area (Å²) in [6, 6.07) is 37.4. The van der Waals surface area contributed by atoms with E-state index in [0.29, 0.717) is 23.4 Å². The summed E-state index contributed by atoms with van der Waals surface area (Å²) in [7, 11) is 0. The molecule has 7 heteroatoms. The van der Waals surface area contributed by atoms with E-state index < -0.39 is 12.0 Å². The Morgan fingerprint density at radius 1 is 0.791 bits per heavy atom. The van der Waals surface area contributed by atoms with E-state index in [1.807, 2.05) is 36.4 Å². The Kier molecular flexibility index (Phi) is 10.4. The van der Waals surface area contributed by atoms with Gasteiger partial charge in [-0.3, -0.25) is 4.79 Å². The smallest absolute Gasteiger partial charge is 0.326 e. The number of carbonyl (C=O) groups is 2. The molecular weight excluding hydrogens is 556 g/mol. The lowest BCUT2D eigenvalue weighted by Crippen LogP contribution is -2.32. The number of thiophene rings is 1. The average molecular weight is 591 g/mol. The number of hydrogen-bond acceptors (Lipinski definition) is 6. The van der Waals surface area contributed by atoms with Crippen molar-refractivity contribution < 1.29 is 19.4 Å². The summed E-state index contributed by atoms with van der Waals surface area (Å²) in [6.07, 6.45) is 1.08. The van der Waals surface area contributed by atoms with Gasteiger partial charge in [-0.15, -0.1) is 11.3 Å². The molecule has 1 aromatic heterocycles. The topological polar surface area (TPSA) is 87.7 Å². The highest BCUT2D eigenvalue weighted by Crippen LogP contribution is 2.26. The van der Waals surface area contributed by atoms with Crippen molar-refractivity contribution in [3.63, 3.8) is 0 Å². The summed E-state index contributed by atoms with van der Waals surface area (Å²) in [6.45, 7) is 1.36. The lowest BCUT2D eigenvalue weighted by Gasteiger charge is -2.19. The Morgan fingerprint density at radius 2 is 1.49 bits per heavy atom. The van der Waals surface area contributed by atoms with Gasteiger partial charge in [0.15, 0.2) is 5.78 Å². The summed E-state index contributed by atoms with van der Waals surface area (Å²) in [5.41, 5.74) is 3.56. The minimum Gasteiger partial charge on any atom is -0.494 e. The molecule has 0 saturated carbocycles. The number of benzene rings is 4. The van der Waals surface area contributed by atoms with Gasteiger partial charge >= 0.3 is 5.97 Å². The SMILES string of the molecule is O=C(c1ccccc1)c1ccccc1N[C@@H](Cc1ccc(OCCCNC(c2ccccc2)c2cccs2)cc1)C(=O)O. The standard InChI is InChI=1S/C36H34N2O4S/c39-35(28-13-5-2-6-14-28)30-15-7-8-16-31(30)38-32(36(40)41)25-26-18-20-29(21-19-26)42-23-10-22-37-34(33-17-9-24-43-33)27-11-3-1-4-12-27/h1-9,11-21,24,32,34,37-38H,10,22-23,25H2,(H,40,41)/t32-,34?/m0/s1. The molecule has 0 radical (unpaired) electrons. The maximum absolute atomic E-state index is 13.1. The van der Waals surface area contributed by atoms with Crippen molar-refractivity contribution in [2.24, 2.45) is 0 Å². The maximum Gasteiger partial charge on any atom is 0.326 e. The first-order chi connectivity index (χ1) is 21.1. The van der Waals surface area contributed by atoms with Crippen LogP contribution in [0.25, 0.3) is 0 Å². The van der Waals surface area contributed by atoms with Crippen LogP contribution in [0.5, 0.6) is 5.75 Å². The van der Waals surface area contributed by atoms with Crippen LogP contribution in [0.3, 0.4) is 0 Å². The molecule has 1 heterocycles. The van der Waals surface area contributed by atoms with Gasteiger partial charge in [0, 0.05) is 28.1 Å². The number of para-hydroxylation sites is 1. The van der Waals surface area contributed by atoms with E-state index in [4.69, 9.17) is 4.74 Å². The van der Waals surface area contributed by atoms with Gasteiger partial charge in [0.25, 0.3) is 0 Å². The van der Waals surface area contributed by atoms with Gasteiger partial charge in [-0.25, -0.2) is 4.79 Å². The van der Waals surface area contributed by atoms with Crippen molar-refractivity contribution in [2.75, 3.05) is 18.5 Å². The number of aliphatic carboxylic acids is 1. The Labute approximate surface area is 256 Å². The molecular formula is C36H34N2O4S. The Hall–Kier alpha value is -4.72. The second kappa shape index (κ2) is 15.0. The van der Waals surface area contributed by atoms with Gasteiger partial charge in [-0.05, 0) is 59.8 Å². The van der Waals surface area contributed by atoms with E-state index in [9.17, 15) is 14.7 Å². The van der Waals surface area contributed by atoms with Crippen LogP contribution in [0, 0.1) is 0 Å². The molecule has 0 bridgehead atoms. The van der Waals surface area contributed by atoms with E-state index in [1.165, 1.54) is 10.4 Å². The zero-order chi connectivity index (χ0) is 29.9. The molecule has 0 fully saturated rings. The number of hydrogen-bond donors (Lipinski definition) is 3. The fraction of sp³-hybridized carbons (Fsp3) is 0.167. The molecule has 0 aliphatic carbocycles. The number of anilines is 1. The van der Waals surface area contributed by atoms with Gasteiger partial charge < -0.3 is 20.5 Å². The van der Waals surface area contributed by atoms with E-state index in [1.54, 1.807) is 59.9 Å². The van der Waals surface area contributed by atoms with E-state index in [0.717, 1.165) is 24.3 Å². The normalized spacial score (nSPS) is 12.3. The van der Waals surface area contributed by atoms with Gasteiger partial charge in [0.1, 0.15) is 11.8 Å². The van der Waals surface area contributed by atoms with Crippen LogP contribution >= 0.6 is 11.3 Å². The molecule has 3 N–H and O–H groups in total. The molecule has 6 nitrogen and oxygen atoms in total. The van der Waals surface area contributed by atoms with E-state index >= 15 is 0 Å². The van der Waals surface area contributed by atoms with E-state index in [2.05, 4.69) is 52.4 Å². The van der Waals surface area contributed by atoms with Crippen molar-refractivity contribution >= 4 is 28.8 Å². The van der Waals surface area contributed by atoms with Gasteiger partial charge in [-0.2, -0.15) is 0 Å². The van der Waals surface area contributed by atoms with Crippen LogP contribution in [-0.2, 0) is 11.2 Å². The third-order valence-electron chi connectivity index (χ3n) is 7.10. The lowest BCUT2D eigenvalue weighted by molar-refractivity contribution is -0.137. The minimum absolute atomic E-state index is 0.152. The zero-order valence-corrected chi connectivity index (χ0v) is 24.5. The highest BCUT2D eigenvalue weighted by Gasteiger charge is 2.21. The number of carboxylic acids is 1. The molecule has 0 aliphatic rings. The van der Waals surface area contributed by atoms with Crippen LogP contribution in [0.2, 0.25) is 0 Å². The molecule has 0 spiro atoms. The summed E-state index contributed by atoms with van der Waals surface area (Å²) >= 11 is 1.74. The number of ketones is 1. The van der Waals surface area contributed by atoms with Crippen LogP contribution in [0.4, 0.5) is 5.69 Å². The lowest BCUT2D eigenvalue weighted by atomic mass is 10.00. The number of rotatable bonds is 15. The van der Waals surface area contributed by atoms with Crippen LogP contribution in [0.15, 0.2) is 127 Å². The average Bonchev–Trinajstić information content (AvgIpc) is 3.59. The molecule has 218 valence electrons. The molecule has 0 aliphatic heterocycles. The van der Waals surface area contributed by atoms with Crippen LogP contribution < -0.4 is 15.4 Å². The van der Waals surface area contributed by atoms with E-state index in [-0.39, 0.29) is 18.2 Å². The fourth-order valence-electron chi connectivity index (χ4n) is 4.89. The van der Waals surface area contributed by atoms with Crippen molar-refractivity contribution in [1.82, 2.24) is 5.32 Å². The third-order valence-corrected chi connectivity index (χ3v) is 8.03. The molecule has 1 unspecified atom stereocenters. The monoisotopic (exact) mass is 590 g/mol. The number of ether oxygens (including phenoxy) is 1. The van der Waals surface area contributed by atoms with Crippen molar-refractivity contribution in [2.45, 2.75) is 24.9 Å². The fourth-order valence-corrected chi connectivity index (χ4v) is 5.72. The van der Waals surface area contributed by atoms with Crippen LogP contribution in [0.1, 0.15) is 44.4 Å². The predicted octanol–water partition coefficient (Wildman–Crippen LogP) is 7.24. The first-order valence-electron chi connectivity index (χ1n) is 14.3. The summed E-state index contributed by atoms with van der Waals surface area (Å²) < 4.78 is 5.96. The quantitative estimate of drug-likeness (QED) is 0.0881. The summed E-state index contributed by atoms with van der Waals surface area (Å²) in [5.74, 6) is -0.418. The molecule has 5 aromatic rings. The predicted molar refractivity (Wildman–Crippen MR) is 172 cm³/mol. The Bertz CT molecular complexity index is 1590. The number of carboxylic acid groups (broad SMARTS) is 1. The highest BCUT2D eigenvalue weighted by molar-refractivity contribution is 7.10.